The Morgan fingerprint density at radius 3 is 2.71 bits per heavy atom. The van der Waals surface area contributed by atoms with E-state index in [-0.39, 0.29) is 17.6 Å². The molecule has 3 nitrogen and oxygen atoms in total. The predicted octanol–water partition coefficient (Wildman–Crippen LogP) is 1.57. The molecule has 0 bridgehead atoms. The number of carbonyl (C=O) groups excluding carboxylic acids is 2. The number of Topliss-reactive ketones (excluding diaryl/α,β-unsaturated/α-hetero) is 1. The second kappa shape index (κ2) is 5.13. The van der Waals surface area contributed by atoms with E-state index in [2.05, 4.69) is 5.32 Å². The van der Waals surface area contributed by atoms with Crippen LogP contribution in [0.3, 0.4) is 0 Å². The second-order valence-corrected chi connectivity index (χ2v) is 4.49. The number of benzene rings is 1. The molecule has 1 aliphatic heterocycles. The van der Waals surface area contributed by atoms with Gasteiger partial charge in [0.25, 0.3) is 0 Å². The Bertz CT molecular complexity index is 413. The minimum atomic E-state index is -0.444. The molecule has 1 fully saturated rings. The molecule has 2 rings (SSSR count). The van der Waals surface area contributed by atoms with Crippen molar-refractivity contribution in [1.82, 2.24) is 5.32 Å². The molecule has 1 aromatic carbocycles. The lowest BCUT2D eigenvalue weighted by molar-refractivity contribution is -0.132. The van der Waals surface area contributed by atoms with Gasteiger partial charge in [-0.25, -0.2) is 0 Å². The fourth-order valence-corrected chi connectivity index (χ4v) is 2.41. The smallest absolute Gasteiger partial charge is 0.230 e. The van der Waals surface area contributed by atoms with Crippen molar-refractivity contribution < 1.29 is 9.59 Å². The van der Waals surface area contributed by atoms with Gasteiger partial charge in [-0.1, -0.05) is 37.3 Å². The fraction of sp³-hybridized carbons (Fsp3) is 0.429. The van der Waals surface area contributed by atoms with Crippen molar-refractivity contribution in [3.05, 3.63) is 35.9 Å². The first-order chi connectivity index (χ1) is 8.22. The summed E-state index contributed by atoms with van der Waals surface area (Å²) in [5.74, 6) is -0.378. The highest BCUT2D eigenvalue weighted by Gasteiger charge is 2.38. The van der Waals surface area contributed by atoms with Crippen LogP contribution in [0.4, 0.5) is 0 Å². The predicted molar refractivity (Wildman–Crippen MR) is 65.4 cm³/mol. The molecule has 1 heterocycles. The molecule has 0 aromatic heterocycles. The molecule has 1 aromatic rings. The van der Waals surface area contributed by atoms with E-state index in [1.165, 1.54) is 5.56 Å². The normalized spacial score (nSPS) is 23.5. The molecule has 17 heavy (non-hydrogen) atoms. The van der Waals surface area contributed by atoms with Gasteiger partial charge in [0.1, 0.15) is 11.7 Å². The highest BCUT2D eigenvalue weighted by Crippen LogP contribution is 2.24. The lowest BCUT2D eigenvalue weighted by atomic mass is 9.85. The van der Waals surface area contributed by atoms with Gasteiger partial charge in [-0.2, -0.15) is 0 Å². The van der Waals surface area contributed by atoms with Gasteiger partial charge in [0, 0.05) is 13.0 Å². The zero-order valence-electron chi connectivity index (χ0n) is 9.98. The maximum absolute atomic E-state index is 11.8. The van der Waals surface area contributed by atoms with Crippen LogP contribution in [0.2, 0.25) is 0 Å². The van der Waals surface area contributed by atoms with Gasteiger partial charge in [0.15, 0.2) is 0 Å². The van der Waals surface area contributed by atoms with Crippen LogP contribution in [-0.4, -0.2) is 18.2 Å². The Morgan fingerprint density at radius 2 is 2.06 bits per heavy atom. The lowest BCUT2D eigenvalue weighted by Crippen LogP contribution is -2.28. The summed E-state index contributed by atoms with van der Waals surface area (Å²) >= 11 is 0. The highest BCUT2D eigenvalue weighted by atomic mass is 16.2. The SMILES string of the molecule is CCC(=O)[C@@H]1C(=O)NC[C@@H]1Cc1ccccc1. The minimum absolute atomic E-state index is 0.0564. The summed E-state index contributed by atoms with van der Waals surface area (Å²) in [6.07, 6.45) is 1.22. The molecule has 0 spiro atoms. The van der Waals surface area contributed by atoms with Gasteiger partial charge in [-0.3, -0.25) is 9.59 Å². The molecule has 1 amide bonds. The third-order valence-corrected chi connectivity index (χ3v) is 3.33. The molecular formula is C14H17NO2. The molecule has 90 valence electrons. The first-order valence-electron chi connectivity index (χ1n) is 6.06. The van der Waals surface area contributed by atoms with Crippen LogP contribution in [0, 0.1) is 11.8 Å². The molecule has 1 aliphatic rings. The first-order valence-corrected chi connectivity index (χ1v) is 6.06. The highest BCUT2D eigenvalue weighted by molar-refractivity contribution is 6.03. The maximum atomic E-state index is 11.8. The van der Waals surface area contributed by atoms with Crippen LogP contribution >= 0.6 is 0 Å². The van der Waals surface area contributed by atoms with E-state index in [4.69, 9.17) is 0 Å². The Balaban J connectivity index is 2.10. The number of ketones is 1. The average molecular weight is 231 g/mol. The molecule has 1 N–H and O–H groups in total. The third kappa shape index (κ3) is 2.54. The van der Waals surface area contributed by atoms with E-state index in [0.717, 1.165) is 6.42 Å². The zero-order valence-corrected chi connectivity index (χ0v) is 9.98. The topological polar surface area (TPSA) is 46.2 Å². The van der Waals surface area contributed by atoms with Crippen molar-refractivity contribution >= 4 is 11.7 Å². The van der Waals surface area contributed by atoms with Gasteiger partial charge >= 0.3 is 0 Å². The van der Waals surface area contributed by atoms with Crippen molar-refractivity contribution in [1.29, 1.82) is 0 Å². The molecule has 1 saturated heterocycles. The first kappa shape index (κ1) is 11.8. The van der Waals surface area contributed by atoms with Crippen LogP contribution in [0.5, 0.6) is 0 Å². The number of hydrogen-bond donors (Lipinski definition) is 1. The van der Waals surface area contributed by atoms with Crippen LogP contribution in [0.1, 0.15) is 18.9 Å². The maximum Gasteiger partial charge on any atom is 0.230 e. The quantitative estimate of drug-likeness (QED) is 0.799. The van der Waals surface area contributed by atoms with Gasteiger partial charge < -0.3 is 5.32 Å². The Hall–Kier alpha value is -1.64. The van der Waals surface area contributed by atoms with Crippen LogP contribution in [0.25, 0.3) is 0 Å². The van der Waals surface area contributed by atoms with Gasteiger partial charge in [0.05, 0.1) is 0 Å². The summed E-state index contributed by atoms with van der Waals surface area (Å²) in [6, 6.07) is 10.0. The van der Waals surface area contributed by atoms with E-state index >= 15 is 0 Å². The van der Waals surface area contributed by atoms with Crippen molar-refractivity contribution in [3.8, 4) is 0 Å². The van der Waals surface area contributed by atoms with Gasteiger partial charge in [-0.05, 0) is 17.9 Å². The number of hydrogen-bond acceptors (Lipinski definition) is 2. The number of rotatable bonds is 4. The third-order valence-electron chi connectivity index (χ3n) is 3.33. The van der Waals surface area contributed by atoms with Crippen molar-refractivity contribution in [2.24, 2.45) is 11.8 Å². The van der Waals surface area contributed by atoms with E-state index in [1.54, 1.807) is 0 Å². The zero-order chi connectivity index (χ0) is 12.3. The van der Waals surface area contributed by atoms with Crippen molar-refractivity contribution in [2.75, 3.05) is 6.54 Å². The minimum Gasteiger partial charge on any atom is -0.355 e. The van der Waals surface area contributed by atoms with Crippen LogP contribution in [0.15, 0.2) is 30.3 Å². The Labute approximate surface area is 101 Å². The standard InChI is InChI=1S/C14H17NO2/c1-2-12(16)13-11(9-15-14(13)17)8-10-6-4-3-5-7-10/h3-7,11,13H,2,8-9H2,1H3,(H,15,17)/t11-,13+/m0/s1. The Kier molecular flexibility index (Phi) is 3.57. The number of amides is 1. The van der Waals surface area contributed by atoms with E-state index in [1.807, 2.05) is 37.3 Å². The molecular weight excluding hydrogens is 214 g/mol. The fourth-order valence-electron chi connectivity index (χ4n) is 2.41. The largest absolute Gasteiger partial charge is 0.355 e. The van der Waals surface area contributed by atoms with Crippen LogP contribution < -0.4 is 5.32 Å². The number of carbonyl (C=O) groups is 2. The molecule has 0 radical (unpaired) electrons. The van der Waals surface area contributed by atoms with Crippen LogP contribution in [-0.2, 0) is 16.0 Å². The molecule has 2 atom stereocenters. The molecule has 0 unspecified atom stereocenters. The number of nitrogens with one attached hydrogen (secondary N) is 1. The van der Waals surface area contributed by atoms with E-state index in [9.17, 15) is 9.59 Å². The molecule has 0 saturated carbocycles. The van der Waals surface area contributed by atoms with Crippen molar-refractivity contribution in [3.63, 3.8) is 0 Å². The summed E-state index contributed by atoms with van der Waals surface area (Å²) in [7, 11) is 0. The summed E-state index contributed by atoms with van der Waals surface area (Å²) in [5.41, 5.74) is 1.18. The van der Waals surface area contributed by atoms with E-state index in [0.29, 0.717) is 13.0 Å². The van der Waals surface area contributed by atoms with E-state index < -0.39 is 5.92 Å². The lowest BCUT2D eigenvalue weighted by Gasteiger charge is -2.14. The summed E-state index contributed by atoms with van der Waals surface area (Å²) in [6.45, 7) is 2.43. The second-order valence-electron chi connectivity index (χ2n) is 4.49. The molecule has 0 aliphatic carbocycles. The molecule has 3 heteroatoms. The average Bonchev–Trinajstić information content (AvgIpc) is 2.71. The monoisotopic (exact) mass is 231 g/mol. The summed E-state index contributed by atoms with van der Waals surface area (Å²) in [5, 5.41) is 2.80. The Morgan fingerprint density at radius 1 is 1.35 bits per heavy atom. The van der Waals surface area contributed by atoms with Crippen molar-refractivity contribution in [2.45, 2.75) is 19.8 Å². The van der Waals surface area contributed by atoms with Gasteiger partial charge in [0.2, 0.25) is 5.91 Å². The van der Waals surface area contributed by atoms with Gasteiger partial charge in [-0.15, -0.1) is 0 Å². The summed E-state index contributed by atoms with van der Waals surface area (Å²) in [4.78, 5) is 23.4. The summed E-state index contributed by atoms with van der Waals surface area (Å²) < 4.78 is 0.